The first-order chi connectivity index (χ1) is 14.0. The van der Waals surface area contributed by atoms with Crippen molar-refractivity contribution >= 4 is 51.1 Å². The summed E-state index contributed by atoms with van der Waals surface area (Å²) in [6.45, 7) is 0. The molecule has 0 radical (unpaired) electrons. The van der Waals surface area contributed by atoms with Crippen LogP contribution in [0, 0.1) is 5.82 Å². The van der Waals surface area contributed by atoms with E-state index >= 15 is 0 Å². The van der Waals surface area contributed by atoms with Crippen LogP contribution in [-0.4, -0.2) is 17.3 Å². The van der Waals surface area contributed by atoms with Crippen LogP contribution in [0.1, 0.15) is 15.9 Å². The molecule has 0 aromatic heterocycles. The molecular formula is C21H15BrFN3O2S. The number of nitrogens with zero attached hydrogens (tertiary/aromatic N) is 1. The summed E-state index contributed by atoms with van der Waals surface area (Å²) in [5.74, 6) is -0.347. The minimum Gasteiger partial charge on any atom is -0.423 e. The number of hydrogen-bond acceptors (Lipinski definition) is 4. The molecule has 0 aliphatic rings. The molecule has 0 fully saturated rings. The first-order valence-corrected chi connectivity index (χ1v) is 9.64. The molecule has 0 heterocycles. The van der Waals surface area contributed by atoms with E-state index in [0.29, 0.717) is 21.5 Å². The number of esters is 1. The summed E-state index contributed by atoms with van der Waals surface area (Å²) in [5.41, 5.74) is 4.55. The Morgan fingerprint density at radius 2 is 1.72 bits per heavy atom. The first kappa shape index (κ1) is 20.6. The second kappa shape index (κ2) is 9.90. The number of rotatable bonds is 5. The Kier molecular flexibility index (Phi) is 7.04. The summed E-state index contributed by atoms with van der Waals surface area (Å²) < 4.78 is 18.9. The fourth-order valence-corrected chi connectivity index (χ4v) is 2.89. The molecule has 0 unspecified atom stereocenters. The van der Waals surface area contributed by atoms with E-state index in [1.54, 1.807) is 60.8 Å². The molecule has 0 spiro atoms. The molecule has 0 saturated carbocycles. The highest BCUT2D eigenvalue weighted by atomic mass is 79.9. The van der Waals surface area contributed by atoms with Crippen LogP contribution in [0.4, 0.5) is 10.1 Å². The highest BCUT2D eigenvalue weighted by Gasteiger charge is 2.11. The third-order valence-corrected chi connectivity index (χ3v) is 4.55. The maximum absolute atomic E-state index is 12.9. The van der Waals surface area contributed by atoms with Gasteiger partial charge in [0, 0.05) is 10.2 Å². The van der Waals surface area contributed by atoms with Crippen LogP contribution in [0.2, 0.25) is 0 Å². The molecule has 0 atom stereocenters. The van der Waals surface area contributed by atoms with Crippen molar-refractivity contribution in [1.29, 1.82) is 0 Å². The second-order valence-corrected chi connectivity index (χ2v) is 7.03. The lowest BCUT2D eigenvalue weighted by Gasteiger charge is -2.07. The van der Waals surface area contributed by atoms with Crippen LogP contribution in [-0.2, 0) is 0 Å². The summed E-state index contributed by atoms with van der Waals surface area (Å²) in [5, 5.41) is 7.19. The molecule has 8 heteroatoms. The molecule has 0 amide bonds. The van der Waals surface area contributed by atoms with E-state index in [9.17, 15) is 9.18 Å². The largest absolute Gasteiger partial charge is 0.423 e. The SMILES string of the molecule is O=C(Oc1ccc(C=NNC(=S)Nc2ccc(F)cc2)cc1)c1ccccc1Br. The number of carbonyl (C=O) groups is 1. The van der Waals surface area contributed by atoms with E-state index in [0.717, 1.165) is 5.56 Å². The molecule has 0 aliphatic heterocycles. The van der Waals surface area contributed by atoms with Crippen molar-refractivity contribution in [2.45, 2.75) is 0 Å². The maximum Gasteiger partial charge on any atom is 0.344 e. The van der Waals surface area contributed by atoms with Gasteiger partial charge in [-0.1, -0.05) is 12.1 Å². The fraction of sp³-hybridized carbons (Fsp3) is 0. The van der Waals surface area contributed by atoms with Crippen LogP contribution in [0.15, 0.2) is 82.4 Å². The van der Waals surface area contributed by atoms with E-state index in [1.807, 2.05) is 6.07 Å². The van der Waals surface area contributed by atoms with Gasteiger partial charge in [-0.2, -0.15) is 5.10 Å². The predicted octanol–water partition coefficient (Wildman–Crippen LogP) is 5.13. The van der Waals surface area contributed by atoms with Crippen molar-refractivity contribution in [2.75, 3.05) is 5.32 Å². The lowest BCUT2D eigenvalue weighted by molar-refractivity contribution is 0.0734. The van der Waals surface area contributed by atoms with Crippen molar-refractivity contribution in [3.63, 3.8) is 0 Å². The number of anilines is 1. The predicted molar refractivity (Wildman–Crippen MR) is 119 cm³/mol. The third-order valence-electron chi connectivity index (χ3n) is 3.67. The maximum atomic E-state index is 12.9. The lowest BCUT2D eigenvalue weighted by atomic mass is 10.2. The minimum atomic E-state index is -0.447. The normalized spacial score (nSPS) is 10.6. The Bertz CT molecular complexity index is 1040. The zero-order chi connectivity index (χ0) is 20.6. The van der Waals surface area contributed by atoms with Crippen LogP contribution in [0.3, 0.4) is 0 Å². The van der Waals surface area contributed by atoms with Gasteiger partial charge in [-0.25, -0.2) is 9.18 Å². The Morgan fingerprint density at radius 1 is 1.03 bits per heavy atom. The molecule has 0 aliphatic carbocycles. The number of thiocarbonyl (C=S) groups is 1. The standard InChI is InChI=1S/C21H15BrFN3O2S/c22-19-4-2-1-3-18(19)20(27)28-17-11-5-14(6-12-17)13-24-26-21(29)25-16-9-7-15(23)8-10-16/h1-13H,(H2,25,26,29). The number of carbonyl (C=O) groups excluding carboxylic acids is 1. The van der Waals surface area contributed by atoms with E-state index in [-0.39, 0.29) is 10.9 Å². The van der Waals surface area contributed by atoms with Crippen LogP contribution in [0.5, 0.6) is 5.75 Å². The smallest absolute Gasteiger partial charge is 0.344 e. The van der Waals surface area contributed by atoms with Crippen molar-refractivity contribution in [2.24, 2.45) is 5.10 Å². The molecule has 2 N–H and O–H groups in total. The highest BCUT2D eigenvalue weighted by Crippen LogP contribution is 2.19. The second-order valence-electron chi connectivity index (χ2n) is 5.77. The Balaban J connectivity index is 1.52. The fourth-order valence-electron chi connectivity index (χ4n) is 2.27. The minimum absolute atomic E-state index is 0.270. The molecule has 0 saturated heterocycles. The Hall–Kier alpha value is -3.10. The summed E-state index contributed by atoms with van der Waals surface area (Å²) in [4.78, 5) is 12.2. The Labute approximate surface area is 180 Å². The topological polar surface area (TPSA) is 62.7 Å². The summed E-state index contributed by atoms with van der Waals surface area (Å²) in [7, 11) is 0. The lowest BCUT2D eigenvalue weighted by Crippen LogP contribution is -2.23. The molecule has 3 aromatic rings. The average molecular weight is 472 g/mol. The van der Waals surface area contributed by atoms with E-state index in [2.05, 4.69) is 31.8 Å². The number of ether oxygens (including phenoxy) is 1. The van der Waals surface area contributed by atoms with Crippen LogP contribution < -0.4 is 15.5 Å². The first-order valence-electron chi connectivity index (χ1n) is 8.44. The molecule has 5 nitrogen and oxygen atoms in total. The number of hydrogen-bond donors (Lipinski definition) is 2. The monoisotopic (exact) mass is 471 g/mol. The number of benzene rings is 3. The van der Waals surface area contributed by atoms with Gasteiger partial charge in [-0.15, -0.1) is 0 Å². The Morgan fingerprint density at radius 3 is 2.41 bits per heavy atom. The van der Waals surface area contributed by atoms with Gasteiger partial charge in [0.05, 0.1) is 11.8 Å². The van der Waals surface area contributed by atoms with Crippen molar-refractivity contribution in [1.82, 2.24) is 5.43 Å². The van der Waals surface area contributed by atoms with Crippen molar-refractivity contribution in [3.8, 4) is 5.75 Å². The van der Waals surface area contributed by atoms with Gasteiger partial charge >= 0.3 is 5.97 Å². The van der Waals surface area contributed by atoms with E-state index in [4.69, 9.17) is 17.0 Å². The molecule has 146 valence electrons. The average Bonchev–Trinajstić information content (AvgIpc) is 2.71. The van der Waals surface area contributed by atoms with Gasteiger partial charge in [0.2, 0.25) is 0 Å². The number of halogens is 2. The van der Waals surface area contributed by atoms with Crippen LogP contribution in [0.25, 0.3) is 0 Å². The zero-order valence-corrected chi connectivity index (χ0v) is 17.3. The van der Waals surface area contributed by atoms with Gasteiger partial charge < -0.3 is 10.1 Å². The molecule has 3 rings (SSSR count). The summed E-state index contributed by atoms with van der Waals surface area (Å²) in [6, 6.07) is 19.7. The van der Waals surface area contributed by atoms with Crippen LogP contribution >= 0.6 is 28.1 Å². The highest BCUT2D eigenvalue weighted by molar-refractivity contribution is 9.10. The molecular weight excluding hydrogens is 457 g/mol. The van der Waals surface area contributed by atoms with Gasteiger partial charge in [-0.3, -0.25) is 5.43 Å². The summed E-state index contributed by atoms with van der Waals surface area (Å²) >= 11 is 8.45. The summed E-state index contributed by atoms with van der Waals surface area (Å²) in [6.07, 6.45) is 1.57. The van der Waals surface area contributed by atoms with Gasteiger partial charge in [0.15, 0.2) is 5.11 Å². The van der Waals surface area contributed by atoms with E-state index in [1.165, 1.54) is 12.1 Å². The molecule has 0 bridgehead atoms. The molecule has 29 heavy (non-hydrogen) atoms. The van der Waals surface area contributed by atoms with Gasteiger partial charge in [-0.05, 0) is 94.4 Å². The zero-order valence-electron chi connectivity index (χ0n) is 14.9. The van der Waals surface area contributed by atoms with Crippen molar-refractivity contribution < 1.29 is 13.9 Å². The number of hydrazone groups is 1. The van der Waals surface area contributed by atoms with Gasteiger partial charge in [0.25, 0.3) is 0 Å². The molecule has 3 aromatic carbocycles. The third kappa shape index (κ3) is 6.20. The van der Waals surface area contributed by atoms with E-state index < -0.39 is 5.97 Å². The quantitative estimate of drug-likeness (QED) is 0.177. The van der Waals surface area contributed by atoms with Crippen molar-refractivity contribution in [3.05, 3.63) is 94.2 Å². The number of nitrogens with one attached hydrogen (secondary N) is 2. The van der Waals surface area contributed by atoms with Gasteiger partial charge in [0.1, 0.15) is 11.6 Å².